The van der Waals surface area contributed by atoms with E-state index >= 15 is 0 Å². The van der Waals surface area contributed by atoms with Crippen LogP contribution in [0.25, 0.3) is 11.0 Å². The summed E-state index contributed by atoms with van der Waals surface area (Å²) in [7, 11) is 0. The molecule has 0 N–H and O–H groups in total. The third kappa shape index (κ3) is 20.9. The van der Waals surface area contributed by atoms with E-state index < -0.39 is 29.2 Å². The number of hydrogen-bond acceptors (Lipinski definition) is 8. The van der Waals surface area contributed by atoms with Gasteiger partial charge in [0, 0.05) is 16.5 Å². The molecule has 0 unspecified atom stereocenters. The number of alkyl halides is 3. The first-order valence-electron chi connectivity index (χ1n) is 28.3. The standard InChI is InChI=1S/C13H13NO.C13H15NO.C12H12F3N.3C12H14FN/c1-13(2,3)11-5-4-9(8-14)10-6-7-15-12(10)11;1-9(15)11-7-10(8-14)5-6-12(11)13(2,3)4;1-11(2,3)9-5-4-8(7-16)10(6-9)12(13,14)15;2*1-8-5-9(7-14)11(13)6-10(8)12(2,3)4;1-8-5-9(12(2,3)4)6-11(13)10(8)7-14/h4-7H,1-3H3;5-7H,1-4H3;4-6H,1-3H3;3*5-6H,1-4H3. The topological polar surface area (TPSA) is 173 Å². The Labute approximate surface area is 518 Å². The Morgan fingerprint density at radius 2 is 0.830 bits per heavy atom. The zero-order chi connectivity index (χ0) is 68.0. The average molecular weight is 1200 g/mol. The molecule has 6 aromatic carbocycles. The van der Waals surface area contributed by atoms with Crippen LogP contribution >= 0.6 is 0 Å². The minimum absolute atomic E-state index is 0.0111. The van der Waals surface area contributed by atoms with Crippen molar-refractivity contribution in [2.24, 2.45) is 0 Å². The molecule has 0 radical (unpaired) electrons. The van der Waals surface area contributed by atoms with Crippen molar-refractivity contribution < 1.29 is 35.6 Å². The zero-order valence-electron chi connectivity index (χ0n) is 55.0. The maximum atomic E-state index is 13.4. The summed E-state index contributed by atoms with van der Waals surface area (Å²) in [6.07, 6.45) is -2.84. The van der Waals surface area contributed by atoms with Crippen molar-refractivity contribution >= 4 is 16.8 Å². The smallest absolute Gasteiger partial charge is 0.417 e. The summed E-state index contributed by atoms with van der Waals surface area (Å²) in [5.74, 6) is -1.26. The maximum Gasteiger partial charge on any atom is 0.417 e. The van der Waals surface area contributed by atoms with Crippen molar-refractivity contribution in [1.29, 1.82) is 31.6 Å². The fraction of sp³-hybridized carbons (Fsp3) is 0.392. The molecular formula is C74H82F6N6O2. The summed E-state index contributed by atoms with van der Waals surface area (Å²) in [6.45, 7) is 43.4. The summed E-state index contributed by atoms with van der Waals surface area (Å²) in [5, 5.41) is 53.3. The van der Waals surface area contributed by atoms with Gasteiger partial charge in [-0.15, -0.1) is 0 Å². The summed E-state index contributed by atoms with van der Waals surface area (Å²) in [4.78, 5) is 11.5. The molecule has 462 valence electrons. The molecule has 7 rings (SSSR count). The van der Waals surface area contributed by atoms with Gasteiger partial charge in [-0.1, -0.05) is 149 Å². The predicted molar refractivity (Wildman–Crippen MR) is 338 cm³/mol. The van der Waals surface area contributed by atoms with Crippen LogP contribution in [-0.2, 0) is 38.7 Å². The van der Waals surface area contributed by atoms with Crippen LogP contribution in [0.2, 0.25) is 0 Å². The first-order chi connectivity index (χ1) is 40.1. The quantitative estimate of drug-likeness (QED) is 0.115. The molecule has 0 amide bonds. The molecule has 0 bridgehead atoms. The van der Waals surface area contributed by atoms with Crippen LogP contribution in [0.1, 0.15) is 231 Å². The van der Waals surface area contributed by atoms with Crippen molar-refractivity contribution in [2.45, 2.75) is 191 Å². The minimum atomic E-state index is -4.48. The van der Waals surface area contributed by atoms with Crippen LogP contribution in [0, 0.1) is 106 Å². The van der Waals surface area contributed by atoms with E-state index in [2.05, 4.69) is 47.6 Å². The lowest BCUT2D eigenvalue weighted by molar-refractivity contribution is -0.137. The lowest BCUT2D eigenvalue weighted by atomic mass is 9.82. The van der Waals surface area contributed by atoms with Crippen LogP contribution in [0.4, 0.5) is 26.3 Å². The van der Waals surface area contributed by atoms with Crippen LogP contribution in [0.15, 0.2) is 102 Å². The first-order valence-corrected chi connectivity index (χ1v) is 28.3. The fourth-order valence-electron chi connectivity index (χ4n) is 9.12. The molecule has 0 saturated heterocycles. The number of fused-ring (bicyclic) bond motifs is 1. The second-order valence-electron chi connectivity index (χ2n) is 27.5. The number of carbonyl (C=O) groups is 1. The molecule has 0 aliphatic rings. The molecule has 88 heavy (non-hydrogen) atoms. The maximum absolute atomic E-state index is 13.4. The Kier molecular flexibility index (Phi) is 25.3. The Bertz CT molecular complexity index is 3810. The highest BCUT2D eigenvalue weighted by Crippen LogP contribution is 2.36. The summed E-state index contributed by atoms with van der Waals surface area (Å²) in [5.41, 5.74) is 9.41. The van der Waals surface area contributed by atoms with Gasteiger partial charge in [0.05, 0.1) is 63.4 Å². The molecule has 0 saturated carbocycles. The van der Waals surface area contributed by atoms with Crippen molar-refractivity contribution in [2.75, 3.05) is 0 Å². The Morgan fingerprint density at radius 1 is 0.398 bits per heavy atom. The number of Topliss-reactive ketones (excluding diaryl/α,β-unsaturated/α-hetero) is 1. The van der Waals surface area contributed by atoms with Gasteiger partial charge in [0.15, 0.2) is 5.78 Å². The van der Waals surface area contributed by atoms with Crippen molar-refractivity contribution in [3.63, 3.8) is 0 Å². The van der Waals surface area contributed by atoms with E-state index in [0.29, 0.717) is 27.8 Å². The first kappa shape index (κ1) is 75.1. The Morgan fingerprint density at radius 3 is 1.19 bits per heavy atom. The number of nitrogens with zero attached hydrogens (tertiary/aromatic N) is 6. The highest BCUT2D eigenvalue weighted by atomic mass is 19.4. The number of furan rings is 1. The van der Waals surface area contributed by atoms with Gasteiger partial charge in [-0.25, -0.2) is 13.2 Å². The number of hydrogen-bond donors (Lipinski definition) is 0. The van der Waals surface area contributed by atoms with E-state index in [1.54, 1.807) is 49.6 Å². The van der Waals surface area contributed by atoms with E-state index in [4.69, 9.17) is 36.0 Å². The lowest BCUT2D eigenvalue weighted by Gasteiger charge is -2.21. The number of rotatable bonds is 1. The van der Waals surface area contributed by atoms with Crippen LogP contribution in [0.5, 0.6) is 0 Å². The lowest BCUT2D eigenvalue weighted by Crippen LogP contribution is -2.16. The van der Waals surface area contributed by atoms with E-state index in [1.165, 1.54) is 31.2 Å². The number of nitriles is 6. The van der Waals surface area contributed by atoms with Crippen LogP contribution < -0.4 is 0 Å². The van der Waals surface area contributed by atoms with Gasteiger partial charge in [-0.05, 0) is 171 Å². The van der Waals surface area contributed by atoms with Gasteiger partial charge in [0.2, 0.25) is 0 Å². The molecule has 1 heterocycles. The number of carbonyl (C=O) groups excluding carboxylic acids is 1. The van der Waals surface area contributed by atoms with Crippen molar-refractivity contribution in [3.05, 3.63) is 209 Å². The van der Waals surface area contributed by atoms with Crippen LogP contribution in [0.3, 0.4) is 0 Å². The number of ketones is 1. The molecule has 0 spiro atoms. The normalized spacial score (nSPS) is 11.4. The number of halogens is 6. The highest BCUT2D eigenvalue weighted by Gasteiger charge is 2.35. The summed E-state index contributed by atoms with van der Waals surface area (Å²) >= 11 is 0. The molecule has 0 aliphatic carbocycles. The van der Waals surface area contributed by atoms with Crippen molar-refractivity contribution in [1.82, 2.24) is 0 Å². The SMILES string of the molecule is CC(=O)c1cc(C#N)ccc1C(C)(C)C.CC(C)(C)c1ccc(C#N)c(C(F)(F)F)c1.CC(C)(C)c1ccc(C#N)c2ccoc12.Cc1cc(C#N)c(F)cc1C(C)(C)C.Cc1cc(C#N)c(F)cc1C(C)(C)C.Cc1cc(C(C)(C)C)cc(F)c1C#N. The van der Waals surface area contributed by atoms with Gasteiger partial charge in [0.1, 0.15) is 41.2 Å². The van der Waals surface area contributed by atoms with Gasteiger partial charge < -0.3 is 4.42 Å². The van der Waals surface area contributed by atoms with Crippen molar-refractivity contribution in [3.8, 4) is 36.4 Å². The van der Waals surface area contributed by atoms with Gasteiger partial charge in [-0.2, -0.15) is 44.7 Å². The molecule has 0 aliphatic heterocycles. The van der Waals surface area contributed by atoms with Crippen LogP contribution in [-0.4, -0.2) is 5.78 Å². The van der Waals surface area contributed by atoms with Gasteiger partial charge in [0.25, 0.3) is 0 Å². The molecule has 0 fully saturated rings. The van der Waals surface area contributed by atoms with E-state index in [0.717, 1.165) is 56.0 Å². The second-order valence-corrected chi connectivity index (χ2v) is 27.5. The third-order valence-electron chi connectivity index (χ3n) is 13.9. The molecule has 8 nitrogen and oxygen atoms in total. The summed E-state index contributed by atoms with van der Waals surface area (Å²) in [6, 6.07) is 35.6. The van der Waals surface area contributed by atoms with E-state index in [-0.39, 0.29) is 60.5 Å². The third-order valence-corrected chi connectivity index (χ3v) is 13.9. The molecule has 1 aromatic heterocycles. The monoisotopic (exact) mass is 1200 g/mol. The molecule has 7 aromatic rings. The molecule has 14 heteroatoms. The van der Waals surface area contributed by atoms with E-state index in [1.807, 2.05) is 152 Å². The molecular weight excluding hydrogens is 1120 g/mol. The number of benzene rings is 6. The predicted octanol–water partition coefficient (Wildman–Crippen LogP) is 20.4. The van der Waals surface area contributed by atoms with Gasteiger partial charge in [-0.3, -0.25) is 4.79 Å². The van der Waals surface area contributed by atoms with E-state index in [9.17, 15) is 31.1 Å². The molecule has 0 atom stereocenters. The average Bonchev–Trinajstić information content (AvgIpc) is 1.86. The number of aryl methyl sites for hydroxylation is 3. The minimum Gasteiger partial charge on any atom is -0.464 e. The second kappa shape index (κ2) is 29.6. The van der Waals surface area contributed by atoms with Gasteiger partial charge >= 0.3 is 6.18 Å². The highest BCUT2D eigenvalue weighted by molar-refractivity contribution is 5.96. The Balaban J connectivity index is 0.000000360. The largest absolute Gasteiger partial charge is 0.464 e. The fourth-order valence-corrected chi connectivity index (χ4v) is 9.12. The Hall–Kier alpha value is -8.95. The zero-order valence-corrected chi connectivity index (χ0v) is 55.0. The summed E-state index contributed by atoms with van der Waals surface area (Å²) < 4.78 is 83.5.